The van der Waals surface area contributed by atoms with Gasteiger partial charge < -0.3 is 15.6 Å². The molecule has 4 nitrogen and oxygen atoms in total. The van der Waals surface area contributed by atoms with Crippen LogP contribution in [0.3, 0.4) is 0 Å². The van der Waals surface area contributed by atoms with Crippen molar-refractivity contribution in [2.75, 3.05) is 20.3 Å². The summed E-state index contributed by atoms with van der Waals surface area (Å²) in [5.74, 6) is -0.0498. The van der Waals surface area contributed by atoms with Crippen molar-refractivity contribution in [1.29, 1.82) is 0 Å². The number of rotatable bonds is 5. The number of hydrogen-bond acceptors (Lipinski definition) is 4. The topological polar surface area (TPSA) is 68.4 Å². The van der Waals surface area contributed by atoms with Gasteiger partial charge in [-0.1, -0.05) is 6.07 Å². The van der Waals surface area contributed by atoms with E-state index >= 15 is 0 Å². The summed E-state index contributed by atoms with van der Waals surface area (Å²) in [4.78, 5) is 4.20. The first-order valence-electron chi connectivity index (χ1n) is 4.56. The maximum atomic E-state index is 8.98. The summed E-state index contributed by atoms with van der Waals surface area (Å²) >= 11 is 0. The largest absolute Gasteiger partial charge is 0.395 e. The molecule has 2 atom stereocenters. The predicted octanol–water partition coefficient (Wildman–Crippen LogP) is 0.131. The van der Waals surface area contributed by atoms with Crippen LogP contribution in [0.5, 0.6) is 0 Å². The van der Waals surface area contributed by atoms with Gasteiger partial charge in [-0.15, -0.1) is 0 Å². The Morgan fingerprint density at radius 3 is 2.86 bits per heavy atom. The molecular weight excluding hydrogens is 180 g/mol. The lowest BCUT2D eigenvalue weighted by atomic mass is 9.98. The molecule has 0 saturated heterocycles. The standard InChI is InChI=1S/C10H16N2O2/c1-14-7-8(9(11)6-13)10-4-2-3-5-12-10/h2-5,8-9,13H,6-7,11H2,1H3/t8?,9-/m0/s1. The van der Waals surface area contributed by atoms with Crippen molar-refractivity contribution >= 4 is 0 Å². The average molecular weight is 196 g/mol. The molecular formula is C10H16N2O2. The van der Waals surface area contributed by atoms with Gasteiger partial charge in [-0.2, -0.15) is 0 Å². The number of ether oxygens (including phenoxy) is 1. The smallest absolute Gasteiger partial charge is 0.0590 e. The second-order valence-corrected chi connectivity index (χ2v) is 3.16. The van der Waals surface area contributed by atoms with E-state index in [2.05, 4.69) is 4.98 Å². The van der Waals surface area contributed by atoms with Crippen LogP contribution in [0.15, 0.2) is 24.4 Å². The lowest BCUT2D eigenvalue weighted by molar-refractivity contribution is 0.149. The molecule has 78 valence electrons. The molecule has 1 unspecified atom stereocenters. The van der Waals surface area contributed by atoms with E-state index in [1.54, 1.807) is 13.3 Å². The summed E-state index contributed by atoms with van der Waals surface area (Å²) in [6.07, 6.45) is 1.71. The molecule has 0 saturated carbocycles. The highest BCUT2D eigenvalue weighted by Gasteiger charge is 2.19. The van der Waals surface area contributed by atoms with E-state index in [4.69, 9.17) is 15.6 Å². The number of aliphatic hydroxyl groups excluding tert-OH is 1. The lowest BCUT2D eigenvalue weighted by Crippen LogP contribution is -2.35. The Kier molecular flexibility index (Phi) is 4.52. The van der Waals surface area contributed by atoms with Crippen molar-refractivity contribution in [3.05, 3.63) is 30.1 Å². The Balaban J connectivity index is 2.77. The van der Waals surface area contributed by atoms with Crippen molar-refractivity contribution in [2.24, 2.45) is 5.73 Å². The average Bonchev–Trinajstić information content (AvgIpc) is 2.26. The zero-order chi connectivity index (χ0) is 10.4. The highest BCUT2D eigenvalue weighted by Crippen LogP contribution is 2.16. The molecule has 0 aliphatic rings. The van der Waals surface area contributed by atoms with Crippen LogP contribution in [0.2, 0.25) is 0 Å². The number of hydrogen-bond donors (Lipinski definition) is 2. The van der Waals surface area contributed by atoms with Gasteiger partial charge in [-0.3, -0.25) is 4.98 Å². The molecule has 0 bridgehead atoms. The summed E-state index contributed by atoms with van der Waals surface area (Å²) in [6.45, 7) is 0.406. The second-order valence-electron chi connectivity index (χ2n) is 3.16. The summed E-state index contributed by atoms with van der Waals surface area (Å²) in [6, 6.07) is 5.30. The normalized spacial score (nSPS) is 15.1. The number of nitrogens with two attached hydrogens (primary N) is 1. The molecule has 0 spiro atoms. The van der Waals surface area contributed by atoms with Crippen molar-refractivity contribution in [3.8, 4) is 0 Å². The third-order valence-corrected chi connectivity index (χ3v) is 2.14. The van der Waals surface area contributed by atoms with Crippen molar-refractivity contribution in [2.45, 2.75) is 12.0 Å². The number of aromatic nitrogens is 1. The molecule has 4 heteroatoms. The summed E-state index contributed by atoms with van der Waals surface area (Å²) in [7, 11) is 1.61. The molecule has 0 aromatic carbocycles. The molecule has 0 aliphatic heterocycles. The molecule has 14 heavy (non-hydrogen) atoms. The minimum absolute atomic E-state index is 0.0498. The monoisotopic (exact) mass is 196 g/mol. The van der Waals surface area contributed by atoms with Gasteiger partial charge >= 0.3 is 0 Å². The molecule has 0 aliphatic carbocycles. The Labute approximate surface area is 83.7 Å². The maximum Gasteiger partial charge on any atom is 0.0590 e. The SMILES string of the molecule is COCC(c1ccccn1)[C@@H](N)CO. The quantitative estimate of drug-likeness (QED) is 0.702. The number of methoxy groups -OCH3 is 1. The van der Waals surface area contributed by atoms with Crippen LogP contribution in [0.4, 0.5) is 0 Å². The van der Waals surface area contributed by atoms with E-state index in [9.17, 15) is 0 Å². The molecule has 0 radical (unpaired) electrons. The zero-order valence-electron chi connectivity index (χ0n) is 8.26. The Hall–Kier alpha value is -0.970. The van der Waals surface area contributed by atoms with E-state index in [0.717, 1.165) is 5.69 Å². The first kappa shape index (κ1) is 11.1. The van der Waals surface area contributed by atoms with Gasteiger partial charge in [-0.25, -0.2) is 0 Å². The van der Waals surface area contributed by atoms with Gasteiger partial charge in [-0.05, 0) is 12.1 Å². The van der Waals surface area contributed by atoms with Crippen LogP contribution >= 0.6 is 0 Å². The third-order valence-electron chi connectivity index (χ3n) is 2.14. The molecule has 1 aromatic rings. The number of pyridine rings is 1. The Morgan fingerprint density at radius 1 is 1.57 bits per heavy atom. The van der Waals surface area contributed by atoms with Crippen LogP contribution in [0, 0.1) is 0 Å². The minimum Gasteiger partial charge on any atom is -0.395 e. The van der Waals surface area contributed by atoms with Crippen LogP contribution < -0.4 is 5.73 Å². The van der Waals surface area contributed by atoms with Gasteiger partial charge in [0.2, 0.25) is 0 Å². The Bertz CT molecular complexity index is 254. The minimum atomic E-state index is -0.329. The Morgan fingerprint density at radius 2 is 2.36 bits per heavy atom. The van der Waals surface area contributed by atoms with Crippen molar-refractivity contribution in [3.63, 3.8) is 0 Å². The summed E-state index contributed by atoms with van der Waals surface area (Å²) in [5, 5.41) is 8.98. The van der Waals surface area contributed by atoms with E-state index in [0.29, 0.717) is 6.61 Å². The zero-order valence-corrected chi connectivity index (χ0v) is 8.26. The molecule has 1 rings (SSSR count). The van der Waals surface area contributed by atoms with E-state index in [1.165, 1.54) is 0 Å². The fourth-order valence-corrected chi connectivity index (χ4v) is 1.33. The maximum absolute atomic E-state index is 8.98. The number of nitrogens with zero attached hydrogens (tertiary/aromatic N) is 1. The van der Waals surface area contributed by atoms with E-state index in [1.807, 2.05) is 18.2 Å². The van der Waals surface area contributed by atoms with Crippen LogP contribution in [-0.2, 0) is 4.74 Å². The summed E-state index contributed by atoms with van der Waals surface area (Å²) < 4.78 is 5.05. The fourth-order valence-electron chi connectivity index (χ4n) is 1.33. The molecule has 0 fully saturated rings. The van der Waals surface area contributed by atoms with Crippen LogP contribution in [0.25, 0.3) is 0 Å². The molecule has 1 aromatic heterocycles. The second kappa shape index (κ2) is 5.70. The molecule has 0 amide bonds. The molecule has 1 heterocycles. The van der Waals surface area contributed by atoms with E-state index < -0.39 is 0 Å². The van der Waals surface area contributed by atoms with Gasteiger partial charge in [0.25, 0.3) is 0 Å². The van der Waals surface area contributed by atoms with Crippen molar-refractivity contribution < 1.29 is 9.84 Å². The van der Waals surface area contributed by atoms with E-state index in [-0.39, 0.29) is 18.6 Å². The third kappa shape index (κ3) is 2.77. The summed E-state index contributed by atoms with van der Waals surface area (Å²) in [5.41, 5.74) is 6.62. The van der Waals surface area contributed by atoms with Gasteiger partial charge in [0.15, 0.2) is 0 Å². The van der Waals surface area contributed by atoms with Crippen LogP contribution in [-0.4, -0.2) is 36.5 Å². The van der Waals surface area contributed by atoms with Gasteiger partial charge in [0.05, 0.1) is 13.2 Å². The first-order chi connectivity index (χ1) is 6.79. The predicted molar refractivity (Wildman–Crippen MR) is 53.9 cm³/mol. The highest BCUT2D eigenvalue weighted by atomic mass is 16.5. The van der Waals surface area contributed by atoms with Gasteiger partial charge in [0.1, 0.15) is 0 Å². The number of aliphatic hydroxyl groups is 1. The first-order valence-corrected chi connectivity index (χ1v) is 4.56. The fraction of sp³-hybridized carbons (Fsp3) is 0.500. The highest BCUT2D eigenvalue weighted by molar-refractivity contribution is 5.12. The van der Waals surface area contributed by atoms with Crippen molar-refractivity contribution in [1.82, 2.24) is 4.98 Å². The van der Waals surface area contributed by atoms with Gasteiger partial charge in [0, 0.05) is 31.0 Å². The lowest BCUT2D eigenvalue weighted by Gasteiger charge is -2.20. The van der Waals surface area contributed by atoms with Crippen LogP contribution in [0.1, 0.15) is 11.6 Å². The molecule has 3 N–H and O–H groups in total.